The lowest BCUT2D eigenvalue weighted by molar-refractivity contribution is 0.0963. The zero-order valence-electron chi connectivity index (χ0n) is 15.5. The highest BCUT2D eigenvalue weighted by Crippen LogP contribution is 2.23. The number of rotatable bonds is 5. The highest BCUT2D eigenvalue weighted by atomic mass is 127. The van der Waals surface area contributed by atoms with Crippen LogP contribution in [0.3, 0.4) is 0 Å². The van der Waals surface area contributed by atoms with E-state index >= 15 is 0 Å². The Kier molecular flexibility index (Phi) is 9.85. The molecule has 1 saturated carbocycles. The van der Waals surface area contributed by atoms with Crippen LogP contribution in [0.2, 0.25) is 0 Å². The van der Waals surface area contributed by atoms with Crippen molar-refractivity contribution < 1.29 is 4.79 Å². The molecule has 0 bridgehead atoms. The van der Waals surface area contributed by atoms with Crippen molar-refractivity contribution in [3.63, 3.8) is 0 Å². The van der Waals surface area contributed by atoms with Gasteiger partial charge < -0.3 is 16.0 Å². The number of aliphatic imine (C=N–C) groups is 1. The molecule has 5 nitrogen and oxygen atoms in total. The van der Waals surface area contributed by atoms with E-state index < -0.39 is 0 Å². The van der Waals surface area contributed by atoms with Gasteiger partial charge in [0.1, 0.15) is 0 Å². The fourth-order valence-corrected chi connectivity index (χ4v) is 3.13. The molecule has 25 heavy (non-hydrogen) atoms. The van der Waals surface area contributed by atoms with E-state index in [2.05, 4.69) is 27.9 Å². The van der Waals surface area contributed by atoms with Crippen LogP contribution in [0.1, 0.15) is 48.5 Å². The molecule has 1 fully saturated rings. The number of hydrogen-bond donors (Lipinski definition) is 3. The molecular formula is C19H31IN4O. The van der Waals surface area contributed by atoms with Crippen molar-refractivity contribution >= 4 is 35.8 Å². The summed E-state index contributed by atoms with van der Waals surface area (Å²) in [6, 6.07) is 8.28. The van der Waals surface area contributed by atoms with Crippen molar-refractivity contribution in [3.05, 3.63) is 35.4 Å². The lowest BCUT2D eigenvalue weighted by Crippen LogP contribution is -2.45. The second-order valence-corrected chi connectivity index (χ2v) is 6.63. The minimum Gasteiger partial charge on any atom is -0.356 e. The maximum atomic E-state index is 11.7. The van der Waals surface area contributed by atoms with E-state index in [1.54, 1.807) is 7.05 Å². The number of amides is 1. The summed E-state index contributed by atoms with van der Waals surface area (Å²) >= 11 is 0. The van der Waals surface area contributed by atoms with Crippen molar-refractivity contribution in [2.24, 2.45) is 10.9 Å². The van der Waals surface area contributed by atoms with Crippen LogP contribution in [0.15, 0.2) is 29.3 Å². The number of halogens is 1. The summed E-state index contributed by atoms with van der Waals surface area (Å²) in [5.41, 5.74) is 1.85. The van der Waals surface area contributed by atoms with Gasteiger partial charge in [-0.1, -0.05) is 19.1 Å². The quantitative estimate of drug-likeness (QED) is 0.361. The Morgan fingerprint density at radius 2 is 1.96 bits per heavy atom. The topological polar surface area (TPSA) is 65.5 Å². The number of benzene rings is 1. The van der Waals surface area contributed by atoms with Gasteiger partial charge in [0.05, 0.1) is 0 Å². The lowest BCUT2D eigenvalue weighted by atomic mass is 9.87. The van der Waals surface area contributed by atoms with Gasteiger partial charge in [-0.15, -0.1) is 24.0 Å². The zero-order valence-corrected chi connectivity index (χ0v) is 17.8. The number of guanidine groups is 1. The molecule has 0 radical (unpaired) electrons. The third-order valence-electron chi connectivity index (χ3n) is 4.70. The van der Waals surface area contributed by atoms with Crippen LogP contribution in [0.5, 0.6) is 0 Å². The molecule has 0 aromatic heterocycles. The Bertz CT molecular complexity index is 568. The second kappa shape index (κ2) is 11.3. The number of hydrogen-bond acceptors (Lipinski definition) is 2. The first kappa shape index (κ1) is 21.7. The minimum atomic E-state index is -0.0474. The largest absolute Gasteiger partial charge is 0.356 e. The van der Waals surface area contributed by atoms with Crippen LogP contribution in [0, 0.1) is 5.92 Å². The number of carbonyl (C=O) groups excluding carboxylic acids is 1. The molecule has 0 unspecified atom stereocenters. The third kappa shape index (κ3) is 7.22. The number of carbonyl (C=O) groups is 1. The van der Waals surface area contributed by atoms with Crippen LogP contribution < -0.4 is 16.0 Å². The summed E-state index contributed by atoms with van der Waals surface area (Å²) < 4.78 is 0. The summed E-state index contributed by atoms with van der Waals surface area (Å²) in [5, 5.41) is 9.56. The maximum absolute atomic E-state index is 11.7. The molecular weight excluding hydrogens is 427 g/mol. The maximum Gasteiger partial charge on any atom is 0.251 e. The van der Waals surface area contributed by atoms with E-state index in [0.29, 0.717) is 11.6 Å². The van der Waals surface area contributed by atoms with Crippen molar-refractivity contribution in [3.8, 4) is 0 Å². The first-order valence-corrected chi connectivity index (χ1v) is 8.90. The van der Waals surface area contributed by atoms with Crippen LogP contribution >= 0.6 is 24.0 Å². The van der Waals surface area contributed by atoms with E-state index in [0.717, 1.165) is 30.4 Å². The van der Waals surface area contributed by atoms with Crippen LogP contribution in [-0.4, -0.2) is 38.5 Å². The summed E-state index contributed by atoms with van der Waals surface area (Å²) in [7, 11) is 3.46. The summed E-state index contributed by atoms with van der Waals surface area (Å²) in [6.45, 7) is 3.12. The minimum absolute atomic E-state index is 0. The van der Waals surface area contributed by atoms with Gasteiger partial charge in [0.25, 0.3) is 5.91 Å². The highest BCUT2D eigenvalue weighted by Gasteiger charge is 2.18. The van der Waals surface area contributed by atoms with Gasteiger partial charge in [0, 0.05) is 32.2 Å². The molecule has 0 heterocycles. The molecule has 0 aliphatic heterocycles. The second-order valence-electron chi connectivity index (χ2n) is 6.63. The average Bonchev–Trinajstić information content (AvgIpc) is 2.62. The number of nitrogens with one attached hydrogen (secondary N) is 3. The summed E-state index contributed by atoms with van der Waals surface area (Å²) in [4.78, 5) is 16.0. The fraction of sp³-hybridized carbons (Fsp3) is 0.579. The average molecular weight is 458 g/mol. The fourth-order valence-electron chi connectivity index (χ4n) is 3.13. The third-order valence-corrected chi connectivity index (χ3v) is 4.70. The van der Waals surface area contributed by atoms with Crippen LogP contribution in [0.25, 0.3) is 0 Å². The van der Waals surface area contributed by atoms with Gasteiger partial charge >= 0.3 is 0 Å². The van der Waals surface area contributed by atoms with E-state index in [4.69, 9.17) is 0 Å². The summed E-state index contributed by atoms with van der Waals surface area (Å²) in [6.07, 6.45) is 5.88. The standard InChI is InChI=1S/C19H30N4O.HI/c1-14-7-9-17(10-8-14)23-19(21-3)22-12-11-15-5-4-6-16(13-15)18(24)20-2;/h4-6,13-14,17H,7-12H2,1-3H3,(H,20,24)(H2,21,22,23);1H. The highest BCUT2D eigenvalue weighted by molar-refractivity contribution is 14.0. The van der Waals surface area contributed by atoms with Crippen molar-refractivity contribution in [2.45, 2.75) is 45.1 Å². The summed E-state index contributed by atoms with van der Waals surface area (Å²) in [5.74, 6) is 1.68. The van der Waals surface area contributed by atoms with Gasteiger partial charge in [0.2, 0.25) is 0 Å². The molecule has 1 aromatic rings. The van der Waals surface area contributed by atoms with Crippen molar-refractivity contribution in [1.29, 1.82) is 0 Å². The molecule has 2 rings (SSSR count). The normalized spacial score (nSPS) is 20.4. The molecule has 1 aromatic carbocycles. The Hall–Kier alpha value is -1.31. The molecule has 3 N–H and O–H groups in total. The number of nitrogens with zero attached hydrogens (tertiary/aromatic N) is 1. The smallest absolute Gasteiger partial charge is 0.251 e. The Labute approximate surface area is 168 Å². The van der Waals surface area contributed by atoms with Gasteiger partial charge in [-0.25, -0.2) is 0 Å². The van der Waals surface area contributed by atoms with E-state index in [9.17, 15) is 4.79 Å². The Morgan fingerprint density at radius 3 is 2.60 bits per heavy atom. The monoisotopic (exact) mass is 458 g/mol. The van der Waals surface area contributed by atoms with Crippen molar-refractivity contribution in [2.75, 3.05) is 20.6 Å². The molecule has 6 heteroatoms. The van der Waals surface area contributed by atoms with E-state index in [1.165, 1.54) is 25.7 Å². The molecule has 0 spiro atoms. The predicted octanol–water partition coefficient (Wildman–Crippen LogP) is 2.95. The first-order valence-electron chi connectivity index (χ1n) is 8.90. The Morgan fingerprint density at radius 1 is 1.24 bits per heavy atom. The lowest BCUT2D eigenvalue weighted by Gasteiger charge is -2.28. The van der Waals surface area contributed by atoms with E-state index in [1.807, 2.05) is 31.3 Å². The van der Waals surface area contributed by atoms with Gasteiger partial charge in [-0.05, 0) is 55.7 Å². The van der Waals surface area contributed by atoms with Crippen molar-refractivity contribution in [1.82, 2.24) is 16.0 Å². The first-order chi connectivity index (χ1) is 11.6. The SMILES string of the molecule is CN=C(NCCc1cccc(C(=O)NC)c1)NC1CCC(C)CC1.I. The molecule has 140 valence electrons. The molecule has 1 amide bonds. The van der Waals surface area contributed by atoms with Gasteiger partial charge in [0.15, 0.2) is 5.96 Å². The van der Waals surface area contributed by atoms with E-state index in [-0.39, 0.29) is 29.9 Å². The Balaban J connectivity index is 0.00000312. The molecule has 0 atom stereocenters. The molecule has 1 aliphatic rings. The van der Waals surface area contributed by atoms with Crippen LogP contribution in [0.4, 0.5) is 0 Å². The molecule has 1 aliphatic carbocycles. The van der Waals surface area contributed by atoms with Crippen LogP contribution in [-0.2, 0) is 6.42 Å². The zero-order chi connectivity index (χ0) is 17.4. The van der Waals surface area contributed by atoms with Gasteiger partial charge in [-0.3, -0.25) is 9.79 Å². The van der Waals surface area contributed by atoms with Gasteiger partial charge in [-0.2, -0.15) is 0 Å². The molecule has 0 saturated heterocycles. The predicted molar refractivity (Wildman–Crippen MR) is 115 cm³/mol.